The zero-order valence-corrected chi connectivity index (χ0v) is 10.7. The third kappa shape index (κ3) is 2.94. The van der Waals surface area contributed by atoms with E-state index in [1.807, 2.05) is 0 Å². The molecule has 0 atom stereocenters. The largest absolute Gasteiger partial charge is 0.437 e. The van der Waals surface area contributed by atoms with Crippen molar-refractivity contribution in [2.24, 2.45) is 0 Å². The number of benzene rings is 1. The quantitative estimate of drug-likeness (QED) is 0.833. The fraction of sp³-hybridized carbons (Fsp3) is 0. The van der Waals surface area contributed by atoms with Crippen LogP contribution >= 0.6 is 34.8 Å². The van der Waals surface area contributed by atoms with Crippen molar-refractivity contribution in [2.75, 3.05) is 5.73 Å². The Hall–Kier alpha value is -1.16. The van der Waals surface area contributed by atoms with Crippen LogP contribution in [0, 0.1) is 0 Å². The molecule has 0 unspecified atom stereocenters. The number of nitrogens with zero attached hydrogens (tertiary/aromatic N) is 1. The number of halogens is 3. The molecule has 0 saturated carbocycles. The molecule has 0 spiro atoms. The fourth-order valence-electron chi connectivity index (χ4n) is 1.18. The summed E-state index contributed by atoms with van der Waals surface area (Å²) in [4.78, 5) is 3.99. The molecule has 2 N–H and O–H groups in total. The van der Waals surface area contributed by atoms with E-state index in [0.717, 1.165) is 0 Å². The van der Waals surface area contributed by atoms with Gasteiger partial charge in [-0.1, -0.05) is 34.8 Å². The first-order chi connectivity index (χ1) is 8.06. The molecule has 0 saturated heterocycles. The van der Waals surface area contributed by atoms with Gasteiger partial charge in [-0.2, -0.15) is 0 Å². The smallest absolute Gasteiger partial charge is 0.221 e. The van der Waals surface area contributed by atoms with Crippen LogP contribution in [0.5, 0.6) is 11.6 Å². The maximum atomic E-state index is 5.96. The third-order valence-corrected chi connectivity index (χ3v) is 2.97. The molecule has 0 aliphatic rings. The van der Waals surface area contributed by atoms with Crippen LogP contribution in [0.2, 0.25) is 15.1 Å². The van der Waals surface area contributed by atoms with Crippen LogP contribution in [0.25, 0.3) is 0 Å². The molecular weight excluding hydrogens is 282 g/mol. The number of anilines is 1. The Morgan fingerprint density at radius 2 is 1.71 bits per heavy atom. The zero-order chi connectivity index (χ0) is 12.4. The van der Waals surface area contributed by atoms with Gasteiger partial charge < -0.3 is 10.5 Å². The summed E-state index contributed by atoms with van der Waals surface area (Å²) >= 11 is 17.6. The van der Waals surface area contributed by atoms with Gasteiger partial charge in [-0.15, -0.1) is 0 Å². The molecule has 6 heteroatoms. The molecule has 0 amide bonds. The maximum Gasteiger partial charge on any atom is 0.221 e. The van der Waals surface area contributed by atoms with Crippen molar-refractivity contribution < 1.29 is 4.74 Å². The van der Waals surface area contributed by atoms with Crippen LogP contribution in [0.3, 0.4) is 0 Å². The highest BCUT2D eigenvalue weighted by molar-refractivity contribution is 6.43. The van der Waals surface area contributed by atoms with E-state index < -0.39 is 0 Å². The van der Waals surface area contributed by atoms with Gasteiger partial charge in [0, 0.05) is 24.0 Å². The Kier molecular flexibility index (Phi) is 3.62. The van der Waals surface area contributed by atoms with Crippen LogP contribution in [0.4, 0.5) is 5.69 Å². The van der Waals surface area contributed by atoms with Gasteiger partial charge in [-0.25, -0.2) is 4.98 Å². The molecule has 2 rings (SSSR count). The summed E-state index contributed by atoms with van der Waals surface area (Å²) in [6, 6.07) is 6.27. The Morgan fingerprint density at radius 3 is 2.41 bits per heavy atom. The maximum absolute atomic E-state index is 5.96. The Labute approximate surface area is 113 Å². The topological polar surface area (TPSA) is 48.1 Å². The number of hydrogen-bond acceptors (Lipinski definition) is 3. The first-order valence-corrected chi connectivity index (χ1v) is 5.73. The number of nitrogen functional groups attached to an aromatic ring is 1. The highest BCUT2D eigenvalue weighted by Crippen LogP contribution is 2.35. The van der Waals surface area contributed by atoms with E-state index in [1.165, 1.54) is 18.3 Å². The molecule has 1 aromatic heterocycles. The Morgan fingerprint density at radius 1 is 1.00 bits per heavy atom. The monoisotopic (exact) mass is 288 g/mol. The molecule has 0 aliphatic carbocycles. The number of hydrogen-bond donors (Lipinski definition) is 1. The Balaban J connectivity index is 2.33. The number of pyridine rings is 1. The number of rotatable bonds is 2. The first-order valence-electron chi connectivity index (χ1n) is 4.60. The lowest BCUT2D eigenvalue weighted by molar-refractivity contribution is 0.463. The predicted octanol–water partition coefficient (Wildman–Crippen LogP) is 4.42. The van der Waals surface area contributed by atoms with Gasteiger partial charge in [0.05, 0.1) is 15.1 Å². The van der Waals surface area contributed by atoms with Crippen LogP contribution in [0.15, 0.2) is 30.5 Å². The molecule has 0 bridgehead atoms. The molecule has 1 aromatic carbocycles. The van der Waals surface area contributed by atoms with Crippen molar-refractivity contribution in [3.05, 3.63) is 45.5 Å². The van der Waals surface area contributed by atoms with Gasteiger partial charge in [0.1, 0.15) is 5.75 Å². The summed E-state index contributed by atoms with van der Waals surface area (Å²) in [6.07, 6.45) is 1.54. The van der Waals surface area contributed by atoms with Crippen molar-refractivity contribution in [1.29, 1.82) is 0 Å². The lowest BCUT2D eigenvalue weighted by atomic mass is 10.3. The summed E-state index contributed by atoms with van der Waals surface area (Å²) in [5.41, 5.74) is 6.15. The van der Waals surface area contributed by atoms with Gasteiger partial charge in [-0.05, 0) is 12.1 Å². The van der Waals surface area contributed by atoms with Gasteiger partial charge in [0.2, 0.25) is 5.88 Å². The highest BCUT2D eigenvalue weighted by atomic mass is 35.5. The SMILES string of the molecule is Nc1ccnc(Oc2cc(Cl)c(Cl)cc2Cl)c1. The second-order valence-corrected chi connectivity index (χ2v) is 4.45. The second-order valence-electron chi connectivity index (χ2n) is 3.23. The zero-order valence-electron chi connectivity index (χ0n) is 8.45. The van der Waals surface area contributed by atoms with Crippen LogP contribution in [0.1, 0.15) is 0 Å². The van der Waals surface area contributed by atoms with Gasteiger partial charge in [-0.3, -0.25) is 0 Å². The molecule has 1 heterocycles. The van der Waals surface area contributed by atoms with E-state index in [2.05, 4.69) is 4.98 Å². The van der Waals surface area contributed by atoms with E-state index >= 15 is 0 Å². The van der Waals surface area contributed by atoms with Crippen molar-refractivity contribution in [3.63, 3.8) is 0 Å². The van der Waals surface area contributed by atoms with Crippen LogP contribution in [-0.2, 0) is 0 Å². The number of nitrogens with two attached hydrogens (primary N) is 1. The van der Waals surface area contributed by atoms with Gasteiger partial charge in [0.15, 0.2) is 0 Å². The average Bonchev–Trinajstić information content (AvgIpc) is 2.26. The third-order valence-electron chi connectivity index (χ3n) is 1.95. The minimum absolute atomic E-state index is 0.338. The van der Waals surface area contributed by atoms with E-state index in [9.17, 15) is 0 Å². The summed E-state index contributed by atoms with van der Waals surface area (Å²) < 4.78 is 5.46. The van der Waals surface area contributed by atoms with Crippen molar-refractivity contribution in [2.45, 2.75) is 0 Å². The molecule has 0 fully saturated rings. The van der Waals surface area contributed by atoms with E-state index in [4.69, 9.17) is 45.3 Å². The molecule has 0 aliphatic heterocycles. The van der Waals surface area contributed by atoms with Crippen LogP contribution in [-0.4, -0.2) is 4.98 Å². The molecular formula is C11H7Cl3N2O. The summed E-state index contributed by atoms with van der Waals surface area (Å²) in [5.74, 6) is 0.712. The van der Waals surface area contributed by atoms with Crippen molar-refractivity contribution in [3.8, 4) is 11.6 Å². The summed E-state index contributed by atoms with van der Waals surface area (Å²) in [7, 11) is 0. The summed E-state index contributed by atoms with van der Waals surface area (Å²) in [6.45, 7) is 0. The lowest BCUT2D eigenvalue weighted by Gasteiger charge is -2.08. The first kappa shape index (κ1) is 12.3. The van der Waals surface area contributed by atoms with E-state index in [-0.39, 0.29) is 0 Å². The number of ether oxygens (including phenoxy) is 1. The normalized spacial score (nSPS) is 10.3. The average molecular weight is 290 g/mol. The lowest BCUT2D eigenvalue weighted by Crippen LogP contribution is -1.91. The summed E-state index contributed by atoms with van der Waals surface area (Å²) in [5, 5.41) is 1.07. The number of aromatic nitrogens is 1. The highest BCUT2D eigenvalue weighted by Gasteiger charge is 2.08. The van der Waals surface area contributed by atoms with Crippen molar-refractivity contribution in [1.82, 2.24) is 4.98 Å². The predicted molar refractivity (Wildman–Crippen MR) is 70.2 cm³/mol. The van der Waals surface area contributed by atoms with Gasteiger partial charge in [0.25, 0.3) is 0 Å². The molecule has 2 aromatic rings. The molecule has 0 radical (unpaired) electrons. The minimum Gasteiger partial charge on any atom is -0.437 e. The van der Waals surface area contributed by atoms with E-state index in [1.54, 1.807) is 12.1 Å². The van der Waals surface area contributed by atoms with Crippen LogP contribution < -0.4 is 10.5 Å². The van der Waals surface area contributed by atoms with Crippen molar-refractivity contribution >= 4 is 40.5 Å². The minimum atomic E-state index is 0.338. The Bertz CT molecular complexity index is 560. The molecule has 88 valence electrons. The molecule has 3 nitrogen and oxygen atoms in total. The molecule has 17 heavy (non-hydrogen) atoms. The standard InChI is InChI=1S/C11H7Cl3N2O/c12-7-4-9(14)10(5-8(7)13)17-11-3-6(15)1-2-16-11/h1-5H,(H2,15,16). The van der Waals surface area contributed by atoms with E-state index in [0.29, 0.717) is 32.4 Å². The fourth-order valence-corrected chi connectivity index (χ4v) is 1.75. The second kappa shape index (κ2) is 5.00. The van der Waals surface area contributed by atoms with Gasteiger partial charge >= 0.3 is 0 Å².